The van der Waals surface area contributed by atoms with Crippen LogP contribution in [0.5, 0.6) is 0 Å². The molecule has 10 heteroatoms. The van der Waals surface area contributed by atoms with Gasteiger partial charge in [0.1, 0.15) is 6.61 Å². The first kappa shape index (κ1) is 58.9. The van der Waals surface area contributed by atoms with Crippen molar-refractivity contribution in [1.82, 2.24) is 0 Å². The largest absolute Gasteiger partial charge is 0.472 e. The second-order valence-corrected chi connectivity index (χ2v) is 17.0. The summed E-state index contributed by atoms with van der Waals surface area (Å²) in [7, 11) is -4.40. The molecule has 2 atom stereocenters. The van der Waals surface area contributed by atoms with Gasteiger partial charge in [0, 0.05) is 19.4 Å². The van der Waals surface area contributed by atoms with Gasteiger partial charge in [0.15, 0.2) is 6.10 Å². The molecule has 0 rings (SSSR count). The van der Waals surface area contributed by atoms with E-state index in [1.165, 1.54) is 51.4 Å². The Morgan fingerprint density at radius 1 is 0.500 bits per heavy atom. The molecule has 2 unspecified atom stereocenters. The molecule has 0 spiro atoms. The van der Waals surface area contributed by atoms with E-state index in [9.17, 15) is 19.0 Å². The van der Waals surface area contributed by atoms with E-state index in [1.807, 2.05) is 0 Å². The molecule has 0 fully saturated rings. The van der Waals surface area contributed by atoms with Crippen LogP contribution in [0.3, 0.4) is 0 Å². The number of ether oxygens (including phenoxy) is 2. The van der Waals surface area contributed by atoms with E-state index in [4.69, 9.17) is 24.3 Å². The van der Waals surface area contributed by atoms with Crippen molar-refractivity contribution in [2.24, 2.45) is 5.73 Å². The van der Waals surface area contributed by atoms with Crippen LogP contribution in [-0.4, -0.2) is 49.3 Å². The maximum Gasteiger partial charge on any atom is 0.472 e. The van der Waals surface area contributed by atoms with E-state index in [1.54, 1.807) is 0 Å². The standard InChI is InChI=1S/C52H88NO8P/c1-3-5-7-9-11-13-15-17-19-21-23-24-25-26-27-29-31-33-35-37-39-41-43-45-52(55)61-50(49-60-62(56,57)59-47-46-53)48-58-51(54)44-42-40-38-36-34-32-30-28-22-20-18-16-14-12-10-8-6-4-2/h5,7,11,13-14,16-17,19-20,22-24,26-27,31,33,50H,3-4,6,8-10,12,15,18,21,25,28-30,32,34-49,53H2,1-2H3,(H,56,57)/b7-5-,13-11-,16-14-,19-17-,22-20-,24-23-,27-26-,33-31-. The van der Waals surface area contributed by atoms with Crippen molar-refractivity contribution in [1.29, 1.82) is 0 Å². The number of phosphoric ester groups is 1. The third-order valence-electron chi connectivity index (χ3n) is 9.70. The molecule has 354 valence electrons. The van der Waals surface area contributed by atoms with Crippen LogP contribution in [0, 0.1) is 0 Å². The summed E-state index contributed by atoms with van der Waals surface area (Å²) in [6.45, 7) is 3.55. The average molecular weight is 886 g/mol. The zero-order chi connectivity index (χ0) is 45.3. The zero-order valence-electron chi connectivity index (χ0n) is 39.1. The first-order valence-electron chi connectivity index (χ1n) is 24.2. The third kappa shape index (κ3) is 46.4. The molecule has 0 bridgehead atoms. The van der Waals surface area contributed by atoms with E-state index in [0.29, 0.717) is 12.8 Å². The van der Waals surface area contributed by atoms with Crippen LogP contribution in [0.25, 0.3) is 0 Å². The maximum atomic E-state index is 12.6. The van der Waals surface area contributed by atoms with Crippen molar-refractivity contribution < 1.29 is 37.6 Å². The average Bonchev–Trinajstić information content (AvgIpc) is 3.26. The molecule has 0 heterocycles. The molecule has 0 aliphatic heterocycles. The minimum absolute atomic E-state index is 0.0422. The van der Waals surface area contributed by atoms with Crippen molar-refractivity contribution >= 4 is 19.8 Å². The molecule has 62 heavy (non-hydrogen) atoms. The highest BCUT2D eigenvalue weighted by molar-refractivity contribution is 7.47. The Bertz CT molecular complexity index is 1330. The van der Waals surface area contributed by atoms with Crippen LogP contribution in [-0.2, 0) is 32.7 Å². The normalized spacial score (nSPS) is 14.1. The number of carbonyl (C=O) groups excluding carboxylic acids is 2. The van der Waals surface area contributed by atoms with Crippen LogP contribution in [0.2, 0.25) is 0 Å². The number of phosphoric acid groups is 1. The number of hydrogen-bond acceptors (Lipinski definition) is 8. The van der Waals surface area contributed by atoms with E-state index >= 15 is 0 Å². The van der Waals surface area contributed by atoms with Gasteiger partial charge in [-0.15, -0.1) is 0 Å². The van der Waals surface area contributed by atoms with Gasteiger partial charge in [-0.1, -0.05) is 175 Å². The van der Waals surface area contributed by atoms with Crippen LogP contribution in [0.4, 0.5) is 0 Å². The van der Waals surface area contributed by atoms with Crippen LogP contribution in [0.15, 0.2) is 97.2 Å². The molecule has 0 aliphatic carbocycles. The molecular weight excluding hydrogens is 798 g/mol. The number of allylic oxidation sites excluding steroid dienone is 16. The summed E-state index contributed by atoms with van der Waals surface area (Å²) in [4.78, 5) is 35.0. The smallest absolute Gasteiger partial charge is 0.462 e. The second-order valence-electron chi connectivity index (χ2n) is 15.6. The summed E-state index contributed by atoms with van der Waals surface area (Å²) in [5.74, 6) is -0.874. The lowest BCUT2D eigenvalue weighted by atomic mass is 10.1. The van der Waals surface area contributed by atoms with Gasteiger partial charge in [-0.05, 0) is 96.3 Å². The van der Waals surface area contributed by atoms with Gasteiger partial charge in [0.25, 0.3) is 0 Å². The topological polar surface area (TPSA) is 134 Å². The SMILES string of the molecule is CC/C=C\C/C=C\C/C=C\C/C=C\C/C=C\C/C=C\CCCCCCC(=O)OC(COC(=O)CCCCCCCCC/C=C\C/C=C\CCCCCC)COP(=O)(O)OCCN. The molecular formula is C52H88NO8P. The van der Waals surface area contributed by atoms with Gasteiger partial charge in [-0.3, -0.25) is 18.6 Å². The Morgan fingerprint density at radius 2 is 0.887 bits per heavy atom. The Kier molecular flexibility index (Phi) is 45.1. The van der Waals surface area contributed by atoms with Gasteiger partial charge >= 0.3 is 19.8 Å². The Labute approximate surface area is 378 Å². The van der Waals surface area contributed by atoms with Crippen molar-refractivity contribution in [3.63, 3.8) is 0 Å². The first-order valence-corrected chi connectivity index (χ1v) is 25.7. The summed E-state index contributed by atoms with van der Waals surface area (Å²) < 4.78 is 32.9. The highest BCUT2D eigenvalue weighted by Gasteiger charge is 2.26. The van der Waals surface area contributed by atoms with Gasteiger partial charge in [0.05, 0.1) is 13.2 Å². The highest BCUT2D eigenvalue weighted by atomic mass is 31.2. The minimum Gasteiger partial charge on any atom is -0.462 e. The summed E-state index contributed by atoms with van der Waals surface area (Å²) in [6.07, 6.45) is 61.5. The number of unbranched alkanes of at least 4 members (excludes halogenated alkanes) is 15. The van der Waals surface area contributed by atoms with Gasteiger partial charge in [0.2, 0.25) is 0 Å². The Morgan fingerprint density at radius 3 is 1.32 bits per heavy atom. The second kappa shape index (κ2) is 47.4. The van der Waals surface area contributed by atoms with Crippen LogP contribution in [0.1, 0.15) is 187 Å². The van der Waals surface area contributed by atoms with Crippen LogP contribution < -0.4 is 5.73 Å². The van der Waals surface area contributed by atoms with E-state index in [0.717, 1.165) is 96.3 Å². The summed E-state index contributed by atoms with van der Waals surface area (Å²) in [6, 6.07) is 0. The quantitative estimate of drug-likeness (QED) is 0.0265. The molecule has 3 N–H and O–H groups in total. The lowest BCUT2D eigenvalue weighted by Crippen LogP contribution is -2.29. The van der Waals surface area contributed by atoms with Crippen molar-refractivity contribution in [2.75, 3.05) is 26.4 Å². The third-order valence-corrected chi connectivity index (χ3v) is 10.7. The van der Waals surface area contributed by atoms with E-state index in [-0.39, 0.29) is 32.6 Å². The fourth-order valence-corrected chi connectivity index (χ4v) is 6.90. The Hall–Kier alpha value is -3.07. The summed E-state index contributed by atoms with van der Waals surface area (Å²) in [5.41, 5.74) is 5.36. The molecule has 0 saturated heterocycles. The molecule has 0 aromatic heterocycles. The van der Waals surface area contributed by atoms with E-state index < -0.39 is 32.5 Å². The number of esters is 2. The van der Waals surface area contributed by atoms with Gasteiger partial charge < -0.3 is 20.1 Å². The monoisotopic (exact) mass is 886 g/mol. The van der Waals surface area contributed by atoms with Crippen LogP contribution >= 0.6 is 7.82 Å². The first-order chi connectivity index (χ1) is 30.3. The number of carbonyl (C=O) groups is 2. The molecule has 0 radical (unpaired) electrons. The Balaban J connectivity index is 4.19. The van der Waals surface area contributed by atoms with E-state index in [2.05, 4.69) is 111 Å². The van der Waals surface area contributed by atoms with Gasteiger partial charge in [-0.25, -0.2) is 4.57 Å². The zero-order valence-corrected chi connectivity index (χ0v) is 40.0. The molecule has 0 aromatic carbocycles. The highest BCUT2D eigenvalue weighted by Crippen LogP contribution is 2.43. The molecule has 0 saturated carbocycles. The molecule has 0 aliphatic rings. The fraction of sp³-hybridized carbons (Fsp3) is 0.654. The fourth-order valence-electron chi connectivity index (χ4n) is 6.14. The minimum atomic E-state index is -4.40. The maximum absolute atomic E-state index is 12.6. The number of rotatable bonds is 44. The lowest BCUT2D eigenvalue weighted by Gasteiger charge is -2.19. The summed E-state index contributed by atoms with van der Waals surface area (Å²) >= 11 is 0. The number of hydrogen-bond donors (Lipinski definition) is 2. The molecule has 9 nitrogen and oxygen atoms in total. The molecule has 0 aromatic rings. The lowest BCUT2D eigenvalue weighted by molar-refractivity contribution is -0.161. The van der Waals surface area contributed by atoms with Crippen molar-refractivity contribution in [2.45, 2.75) is 193 Å². The number of nitrogens with two attached hydrogens (primary N) is 1. The summed E-state index contributed by atoms with van der Waals surface area (Å²) in [5, 5.41) is 0. The predicted octanol–water partition coefficient (Wildman–Crippen LogP) is 14.6. The van der Waals surface area contributed by atoms with Gasteiger partial charge in [-0.2, -0.15) is 0 Å². The van der Waals surface area contributed by atoms with Crippen molar-refractivity contribution in [3.05, 3.63) is 97.2 Å². The predicted molar refractivity (Wildman–Crippen MR) is 261 cm³/mol. The molecule has 0 amide bonds. The van der Waals surface area contributed by atoms with Crippen molar-refractivity contribution in [3.8, 4) is 0 Å².